The molecule has 0 aliphatic rings. The zero-order chi connectivity index (χ0) is 12.7. The van der Waals surface area contributed by atoms with Crippen molar-refractivity contribution in [3.63, 3.8) is 0 Å². The van der Waals surface area contributed by atoms with E-state index in [1.807, 2.05) is 38.1 Å². The average Bonchev–Trinajstić information content (AvgIpc) is 2.28. The Kier molecular flexibility index (Phi) is 5.64. The van der Waals surface area contributed by atoms with Gasteiger partial charge >= 0.3 is 0 Å². The fourth-order valence-electron chi connectivity index (χ4n) is 1.60. The second kappa shape index (κ2) is 7.02. The van der Waals surface area contributed by atoms with E-state index in [2.05, 4.69) is 0 Å². The quantitative estimate of drug-likeness (QED) is 0.765. The van der Waals surface area contributed by atoms with Gasteiger partial charge in [-0.05, 0) is 25.0 Å². The number of allylic oxidation sites excluding steroid dienone is 1. The molecule has 0 aromatic heterocycles. The van der Waals surface area contributed by atoms with Gasteiger partial charge in [-0.15, -0.1) is 0 Å². The summed E-state index contributed by atoms with van der Waals surface area (Å²) in [4.78, 5) is 11.5. The van der Waals surface area contributed by atoms with E-state index >= 15 is 0 Å². The maximum Gasteiger partial charge on any atom is 0.158 e. The minimum absolute atomic E-state index is 0.0217. The Balaban J connectivity index is 2.47. The molecule has 1 rings (SSSR count). The molecule has 0 radical (unpaired) electrons. The van der Waals surface area contributed by atoms with E-state index in [0.29, 0.717) is 6.42 Å². The number of ketones is 1. The molecule has 0 spiro atoms. The number of aliphatic hydroxyl groups excluding tert-OH is 1. The molecule has 0 heterocycles. The second-order valence-electron chi connectivity index (χ2n) is 4.36. The Morgan fingerprint density at radius 3 is 2.59 bits per heavy atom. The molecule has 1 unspecified atom stereocenters. The van der Waals surface area contributed by atoms with Crippen molar-refractivity contribution in [2.75, 3.05) is 0 Å². The summed E-state index contributed by atoms with van der Waals surface area (Å²) in [5.41, 5.74) is 2.21. The van der Waals surface area contributed by atoms with Gasteiger partial charge in [0, 0.05) is 6.42 Å². The van der Waals surface area contributed by atoms with Gasteiger partial charge < -0.3 is 5.11 Å². The molecule has 1 aromatic carbocycles. The molecule has 1 N–H and O–H groups in total. The molecule has 0 saturated carbocycles. The molecule has 2 heteroatoms. The Morgan fingerprint density at radius 1 is 1.35 bits per heavy atom. The highest BCUT2D eigenvalue weighted by Crippen LogP contribution is 2.07. The number of hydrogen-bond donors (Lipinski definition) is 1. The lowest BCUT2D eigenvalue weighted by Crippen LogP contribution is -2.11. The largest absolute Gasteiger partial charge is 0.393 e. The fourth-order valence-corrected chi connectivity index (χ4v) is 1.60. The predicted molar refractivity (Wildman–Crippen MR) is 70.8 cm³/mol. The molecular formula is C15H20O2. The van der Waals surface area contributed by atoms with Crippen LogP contribution in [0.1, 0.15) is 37.3 Å². The molecule has 0 fully saturated rings. The zero-order valence-electron chi connectivity index (χ0n) is 10.5. The van der Waals surface area contributed by atoms with Crippen LogP contribution in [0, 0.1) is 6.92 Å². The highest BCUT2D eigenvalue weighted by Gasteiger charge is 2.06. The lowest BCUT2D eigenvalue weighted by atomic mass is 10.1. The molecular weight excluding hydrogens is 212 g/mol. The van der Waals surface area contributed by atoms with E-state index < -0.39 is 6.10 Å². The number of aliphatic hydroxyl groups is 1. The number of aryl methyl sites for hydroxylation is 1. The van der Waals surface area contributed by atoms with E-state index in [4.69, 9.17) is 0 Å². The maximum atomic E-state index is 11.5. The van der Waals surface area contributed by atoms with Crippen LogP contribution >= 0.6 is 0 Å². The molecule has 0 amide bonds. The number of carbonyl (C=O) groups is 1. The number of benzene rings is 1. The van der Waals surface area contributed by atoms with Gasteiger partial charge in [-0.25, -0.2) is 0 Å². The predicted octanol–water partition coefficient (Wildman–Crippen LogP) is 3.13. The lowest BCUT2D eigenvalue weighted by Gasteiger charge is -2.05. The summed E-state index contributed by atoms with van der Waals surface area (Å²) >= 11 is 0. The van der Waals surface area contributed by atoms with Crippen LogP contribution in [0.25, 0.3) is 6.08 Å². The number of carbonyl (C=O) groups excluding carboxylic acids is 1. The molecule has 0 bridgehead atoms. The molecule has 2 nitrogen and oxygen atoms in total. The molecule has 1 atom stereocenters. The van der Waals surface area contributed by atoms with Crippen LogP contribution in [0.2, 0.25) is 0 Å². The first-order valence-electron chi connectivity index (χ1n) is 6.07. The summed E-state index contributed by atoms with van der Waals surface area (Å²) in [6.45, 7) is 4.02. The maximum absolute atomic E-state index is 11.5. The van der Waals surface area contributed by atoms with E-state index in [1.165, 1.54) is 5.56 Å². The van der Waals surface area contributed by atoms with Crippen molar-refractivity contribution in [1.82, 2.24) is 0 Å². The van der Waals surface area contributed by atoms with Crippen molar-refractivity contribution in [3.8, 4) is 0 Å². The summed E-state index contributed by atoms with van der Waals surface area (Å²) < 4.78 is 0. The van der Waals surface area contributed by atoms with Crippen LogP contribution in [0.5, 0.6) is 0 Å². The van der Waals surface area contributed by atoms with Gasteiger partial charge in [-0.1, -0.05) is 49.2 Å². The van der Waals surface area contributed by atoms with Gasteiger partial charge in [0.25, 0.3) is 0 Å². The third-order valence-corrected chi connectivity index (χ3v) is 2.60. The third kappa shape index (κ3) is 5.45. The Labute approximate surface area is 103 Å². The first kappa shape index (κ1) is 13.7. The molecule has 0 aliphatic heterocycles. The van der Waals surface area contributed by atoms with Crippen molar-refractivity contribution in [1.29, 1.82) is 0 Å². The van der Waals surface area contributed by atoms with Gasteiger partial charge in [0.15, 0.2) is 5.78 Å². The Morgan fingerprint density at radius 2 is 2.00 bits per heavy atom. The van der Waals surface area contributed by atoms with Crippen molar-refractivity contribution < 1.29 is 9.90 Å². The highest BCUT2D eigenvalue weighted by molar-refractivity contribution is 5.93. The highest BCUT2D eigenvalue weighted by atomic mass is 16.3. The van der Waals surface area contributed by atoms with Crippen LogP contribution in [-0.2, 0) is 4.79 Å². The standard InChI is InChI=1S/C15H20O2/c1-3-4-14(16)11-15(17)10-9-13-7-5-12(2)6-8-13/h5-10,14,16H,3-4,11H2,1-2H3/b10-9+. The minimum atomic E-state index is -0.504. The number of hydrogen-bond acceptors (Lipinski definition) is 2. The van der Waals surface area contributed by atoms with Crippen LogP contribution in [0.4, 0.5) is 0 Å². The molecule has 0 saturated heterocycles. The van der Waals surface area contributed by atoms with Crippen molar-refractivity contribution in [3.05, 3.63) is 41.5 Å². The fraction of sp³-hybridized carbons (Fsp3) is 0.400. The summed E-state index contributed by atoms with van der Waals surface area (Å²) in [6, 6.07) is 7.97. The van der Waals surface area contributed by atoms with Crippen LogP contribution in [-0.4, -0.2) is 17.0 Å². The topological polar surface area (TPSA) is 37.3 Å². The normalized spacial score (nSPS) is 12.9. The Hall–Kier alpha value is -1.41. The first-order chi connectivity index (χ1) is 8.11. The minimum Gasteiger partial charge on any atom is -0.393 e. The van der Waals surface area contributed by atoms with Crippen molar-refractivity contribution in [2.45, 2.75) is 39.2 Å². The van der Waals surface area contributed by atoms with E-state index in [-0.39, 0.29) is 12.2 Å². The second-order valence-corrected chi connectivity index (χ2v) is 4.36. The molecule has 17 heavy (non-hydrogen) atoms. The van der Waals surface area contributed by atoms with Crippen LogP contribution in [0.15, 0.2) is 30.3 Å². The lowest BCUT2D eigenvalue weighted by molar-refractivity contribution is -0.116. The van der Waals surface area contributed by atoms with Gasteiger partial charge in [0.1, 0.15) is 0 Å². The first-order valence-corrected chi connectivity index (χ1v) is 6.07. The molecule has 92 valence electrons. The van der Waals surface area contributed by atoms with E-state index in [0.717, 1.165) is 12.0 Å². The van der Waals surface area contributed by atoms with Crippen LogP contribution in [0.3, 0.4) is 0 Å². The third-order valence-electron chi connectivity index (χ3n) is 2.60. The van der Waals surface area contributed by atoms with E-state index in [9.17, 15) is 9.90 Å². The smallest absolute Gasteiger partial charge is 0.158 e. The Bertz CT molecular complexity index is 376. The average molecular weight is 232 g/mol. The van der Waals surface area contributed by atoms with Gasteiger partial charge in [-0.3, -0.25) is 4.79 Å². The van der Waals surface area contributed by atoms with Crippen molar-refractivity contribution in [2.24, 2.45) is 0 Å². The summed E-state index contributed by atoms with van der Waals surface area (Å²) in [5.74, 6) is -0.0217. The van der Waals surface area contributed by atoms with Gasteiger partial charge in [0.05, 0.1) is 6.10 Å². The summed E-state index contributed by atoms with van der Waals surface area (Å²) in [7, 11) is 0. The SMILES string of the molecule is CCCC(O)CC(=O)/C=C/c1ccc(C)cc1. The monoisotopic (exact) mass is 232 g/mol. The van der Waals surface area contributed by atoms with E-state index in [1.54, 1.807) is 12.2 Å². The molecule has 1 aromatic rings. The van der Waals surface area contributed by atoms with Gasteiger partial charge in [0.2, 0.25) is 0 Å². The summed E-state index contributed by atoms with van der Waals surface area (Å²) in [6.07, 6.45) is 4.63. The number of rotatable bonds is 6. The zero-order valence-corrected chi connectivity index (χ0v) is 10.5. The summed E-state index contributed by atoms with van der Waals surface area (Å²) in [5, 5.41) is 9.50. The van der Waals surface area contributed by atoms with Crippen LogP contribution < -0.4 is 0 Å². The van der Waals surface area contributed by atoms with Gasteiger partial charge in [-0.2, -0.15) is 0 Å². The van der Waals surface area contributed by atoms with Crippen molar-refractivity contribution >= 4 is 11.9 Å². The molecule has 0 aliphatic carbocycles.